The van der Waals surface area contributed by atoms with Crippen molar-refractivity contribution >= 4 is 5.97 Å². The van der Waals surface area contributed by atoms with E-state index in [-0.39, 0.29) is 11.3 Å². The van der Waals surface area contributed by atoms with Crippen LogP contribution in [0.4, 0.5) is 8.78 Å². The summed E-state index contributed by atoms with van der Waals surface area (Å²) in [6, 6.07) is 17.1. The van der Waals surface area contributed by atoms with Crippen molar-refractivity contribution in [3.05, 3.63) is 77.9 Å². The number of carbonyl (C=O) groups excluding carboxylic acids is 1. The summed E-state index contributed by atoms with van der Waals surface area (Å²) >= 11 is 0. The summed E-state index contributed by atoms with van der Waals surface area (Å²) < 4.78 is 45.4. The molecule has 4 nitrogen and oxygen atoms in total. The van der Waals surface area contributed by atoms with Gasteiger partial charge in [-0.1, -0.05) is 95.9 Å². The lowest BCUT2D eigenvalue weighted by atomic mass is 10.0. The van der Waals surface area contributed by atoms with Crippen LogP contribution in [-0.2, 0) is 0 Å². The van der Waals surface area contributed by atoms with E-state index in [1.165, 1.54) is 44.2 Å². The molecule has 0 aliphatic carbocycles. The number of carbonyl (C=O) groups is 1. The Bertz CT molecular complexity index is 1160. The molecule has 0 amide bonds. The molecule has 3 rings (SSSR count). The largest absolute Gasteiger partial charge is 0.494 e. The monoisotopic (exact) mass is 552 g/mol. The molecule has 216 valence electrons. The van der Waals surface area contributed by atoms with E-state index in [2.05, 4.69) is 13.8 Å². The molecule has 6 heteroatoms. The summed E-state index contributed by atoms with van der Waals surface area (Å²) in [6.07, 6.45) is 12.5. The molecular formula is C34H42F2O4. The van der Waals surface area contributed by atoms with E-state index in [0.29, 0.717) is 13.2 Å². The van der Waals surface area contributed by atoms with Gasteiger partial charge in [0.25, 0.3) is 0 Å². The van der Waals surface area contributed by atoms with E-state index in [1.807, 2.05) is 24.3 Å². The van der Waals surface area contributed by atoms with Crippen LogP contribution in [0.3, 0.4) is 0 Å². The van der Waals surface area contributed by atoms with Gasteiger partial charge >= 0.3 is 5.97 Å². The van der Waals surface area contributed by atoms with Crippen LogP contribution in [-0.4, -0.2) is 19.2 Å². The molecule has 0 bridgehead atoms. The number of unbranched alkanes of at least 4 members (excludes halogenated alkanes) is 9. The Labute approximate surface area is 237 Å². The van der Waals surface area contributed by atoms with Crippen molar-refractivity contribution in [2.45, 2.75) is 84.5 Å². The summed E-state index contributed by atoms with van der Waals surface area (Å²) in [5, 5.41) is 0. The molecular weight excluding hydrogens is 510 g/mol. The fourth-order valence-corrected chi connectivity index (χ4v) is 4.37. The van der Waals surface area contributed by atoms with Crippen LogP contribution in [0.1, 0.15) is 94.8 Å². The van der Waals surface area contributed by atoms with Gasteiger partial charge in [-0.15, -0.1) is 0 Å². The first-order chi connectivity index (χ1) is 19.5. The van der Waals surface area contributed by atoms with Gasteiger partial charge in [0.15, 0.2) is 11.5 Å². The Morgan fingerprint density at radius 2 is 1.05 bits per heavy atom. The highest BCUT2D eigenvalue weighted by Crippen LogP contribution is 2.29. The molecule has 40 heavy (non-hydrogen) atoms. The molecule has 3 aromatic rings. The molecule has 0 radical (unpaired) electrons. The van der Waals surface area contributed by atoms with Crippen molar-refractivity contribution in [3.8, 4) is 28.4 Å². The molecule has 0 unspecified atom stereocenters. The van der Waals surface area contributed by atoms with E-state index in [9.17, 15) is 13.6 Å². The topological polar surface area (TPSA) is 44.8 Å². The third-order valence-corrected chi connectivity index (χ3v) is 6.79. The Morgan fingerprint density at radius 1 is 0.575 bits per heavy atom. The number of hydrogen-bond acceptors (Lipinski definition) is 4. The highest BCUT2D eigenvalue weighted by atomic mass is 19.2. The normalized spacial score (nSPS) is 10.9. The third kappa shape index (κ3) is 9.96. The number of halogens is 2. The van der Waals surface area contributed by atoms with Gasteiger partial charge < -0.3 is 14.2 Å². The van der Waals surface area contributed by atoms with Gasteiger partial charge in [0.1, 0.15) is 5.75 Å². The summed E-state index contributed by atoms with van der Waals surface area (Å²) in [7, 11) is 0. The van der Waals surface area contributed by atoms with Crippen LogP contribution < -0.4 is 14.2 Å². The smallest absolute Gasteiger partial charge is 0.343 e. The van der Waals surface area contributed by atoms with Crippen LogP contribution >= 0.6 is 0 Å². The predicted molar refractivity (Wildman–Crippen MR) is 156 cm³/mol. The SMILES string of the molecule is CCCCCCCCOc1ccc(-c2ccc(C(=O)Oc3ccc(OCCCCCCC)c(F)c3F)cc2)cc1. The van der Waals surface area contributed by atoms with E-state index >= 15 is 0 Å². The van der Waals surface area contributed by atoms with Crippen molar-refractivity contribution in [2.24, 2.45) is 0 Å². The van der Waals surface area contributed by atoms with Crippen LogP contribution in [0, 0.1) is 11.6 Å². The van der Waals surface area contributed by atoms with E-state index in [0.717, 1.165) is 55.4 Å². The average molecular weight is 553 g/mol. The van der Waals surface area contributed by atoms with Gasteiger partial charge in [0.05, 0.1) is 18.8 Å². The minimum atomic E-state index is -1.24. The molecule has 0 saturated carbocycles. The van der Waals surface area contributed by atoms with Crippen LogP contribution in [0.2, 0.25) is 0 Å². The Hall–Kier alpha value is -3.41. The van der Waals surface area contributed by atoms with Crippen molar-refractivity contribution in [3.63, 3.8) is 0 Å². The van der Waals surface area contributed by atoms with Crippen molar-refractivity contribution in [2.75, 3.05) is 13.2 Å². The number of benzene rings is 3. The Kier molecular flexibility index (Phi) is 13.5. The fraction of sp³-hybridized carbons (Fsp3) is 0.441. The first-order valence-corrected chi connectivity index (χ1v) is 14.7. The molecule has 0 aliphatic heterocycles. The second-order valence-electron chi connectivity index (χ2n) is 10.1. The number of hydrogen-bond donors (Lipinski definition) is 0. The quantitative estimate of drug-likeness (QED) is 0.0895. The predicted octanol–water partition coefficient (Wildman–Crippen LogP) is 9.94. The Morgan fingerprint density at radius 3 is 1.65 bits per heavy atom. The highest BCUT2D eigenvalue weighted by Gasteiger charge is 2.19. The lowest BCUT2D eigenvalue weighted by Gasteiger charge is -2.11. The molecule has 0 heterocycles. The average Bonchev–Trinajstić information content (AvgIpc) is 2.98. The van der Waals surface area contributed by atoms with Gasteiger partial charge in [-0.05, 0) is 60.4 Å². The zero-order chi connectivity index (χ0) is 28.6. The highest BCUT2D eigenvalue weighted by molar-refractivity contribution is 5.91. The van der Waals surface area contributed by atoms with E-state index in [4.69, 9.17) is 14.2 Å². The van der Waals surface area contributed by atoms with Crippen molar-refractivity contribution in [1.29, 1.82) is 0 Å². The first kappa shape index (κ1) is 31.1. The second-order valence-corrected chi connectivity index (χ2v) is 10.1. The second kappa shape index (κ2) is 17.3. The third-order valence-electron chi connectivity index (χ3n) is 6.79. The minimum Gasteiger partial charge on any atom is -0.494 e. The zero-order valence-corrected chi connectivity index (χ0v) is 23.9. The molecule has 0 atom stereocenters. The molecule has 0 fully saturated rings. The van der Waals surface area contributed by atoms with Gasteiger partial charge in [-0.25, -0.2) is 4.79 Å². The number of rotatable bonds is 18. The van der Waals surface area contributed by atoms with Gasteiger partial charge in [0, 0.05) is 0 Å². The van der Waals surface area contributed by atoms with Crippen LogP contribution in [0.25, 0.3) is 11.1 Å². The van der Waals surface area contributed by atoms with Gasteiger partial charge in [-0.3, -0.25) is 0 Å². The van der Waals surface area contributed by atoms with Crippen LogP contribution in [0.5, 0.6) is 17.2 Å². The maximum absolute atomic E-state index is 14.6. The summed E-state index contributed by atoms with van der Waals surface area (Å²) in [6.45, 7) is 5.36. The molecule has 0 aliphatic rings. The standard InChI is InChI=1S/C34H42F2O4/c1-3-5-7-9-11-12-24-38-29-20-18-27(19-21-29)26-14-16-28(17-15-26)34(37)40-31-23-22-30(32(35)33(31)36)39-25-13-10-8-6-4-2/h14-23H,3-13,24-25H2,1-2H3. The van der Waals surface area contributed by atoms with Crippen LogP contribution in [0.15, 0.2) is 60.7 Å². The van der Waals surface area contributed by atoms with E-state index in [1.54, 1.807) is 24.3 Å². The zero-order valence-electron chi connectivity index (χ0n) is 23.9. The summed E-state index contributed by atoms with van der Waals surface area (Å²) in [4.78, 5) is 12.6. The van der Waals surface area contributed by atoms with Gasteiger partial charge in [-0.2, -0.15) is 8.78 Å². The fourth-order valence-electron chi connectivity index (χ4n) is 4.37. The minimum absolute atomic E-state index is 0.184. The Balaban J connectivity index is 1.49. The van der Waals surface area contributed by atoms with E-state index < -0.39 is 23.4 Å². The lowest BCUT2D eigenvalue weighted by molar-refractivity contribution is 0.0726. The number of esters is 1. The maximum atomic E-state index is 14.6. The maximum Gasteiger partial charge on any atom is 0.343 e. The molecule has 0 N–H and O–H groups in total. The molecule has 0 saturated heterocycles. The molecule has 0 aromatic heterocycles. The molecule has 0 spiro atoms. The molecule has 3 aromatic carbocycles. The summed E-state index contributed by atoms with van der Waals surface area (Å²) in [5.41, 5.74) is 2.11. The lowest BCUT2D eigenvalue weighted by Crippen LogP contribution is -2.10. The van der Waals surface area contributed by atoms with Crippen molar-refractivity contribution in [1.82, 2.24) is 0 Å². The number of ether oxygens (including phenoxy) is 3. The first-order valence-electron chi connectivity index (χ1n) is 14.7. The van der Waals surface area contributed by atoms with Crippen molar-refractivity contribution < 1.29 is 27.8 Å². The van der Waals surface area contributed by atoms with Gasteiger partial charge in [0.2, 0.25) is 11.6 Å². The summed E-state index contributed by atoms with van der Waals surface area (Å²) in [5.74, 6) is -3.00.